The zero-order valence-electron chi connectivity index (χ0n) is 9.65. The molecule has 2 aromatic carbocycles. The lowest BCUT2D eigenvalue weighted by Gasteiger charge is -2.08. The molecule has 2 aromatic rings. The third kappa shape index (κ3) is 2.04. The summed E-state index contributed by atoms with van der Waals surface area (Å²) in [6.45, 7) is 0.0924. The molecule has 5 heteroatoms. The van der Waals surface area contributed by atoms with Crippen molar-refractivity contribution in [2.45, 2.75) is 0 Å². The lowest BCUT2D eigenvalue weighted by Crippen LogP contribution is -1.92. The van der Waals surface area contributed by atoms with Gasteiger partial charge in [-0.1, -0.05) is 11.6 Å². The molecule has 0 fully saturated rings. The minimum absolute atomic E-state index is 0.0924. The minimum Gasteiger partial charge on any atom is -0.454 e. The Bertz CT molecular complexity index is 670. The van der Waals surface area contributed by atoms with E-state index in [-0.39, 0.29) is 12.4 Å². The highest BCUT2D eigenvalue weighted by Gasteiger charge is 2.19. The van der Waals surface area contributed by atoms with Crippen molar-refractivity contribution in [1.29, 1.82) is 0 Å². The van der Waals surface area contributed by atoms with Gasteiger partial charge in [-0.25, -0.2) is 4.39 Å². The predicted octanol–water partition coefficient (Wildman–Crippen LogP) is 3.69. The number of carbonyl (C=O) groups excluding carboxylic acids is 1. The van der Waals surface area contributed by atoms with E-state index in [4.69, 9.17) is 21.1 Å². The second-order valence-electron chi connectivity index (χ2n) is 4.03. The standard InChI is InChI=1S/C14H8ClFO3/c15-9-1-2-12(16)11(4-9)10-5-14-13(18-7-19-14)3-8(10)6-17/h1-6H,7H2. The maximum atomic E-state index is 13.9. The number of hydrogen-bond acceptors (Lipinski definition) is 3. The third-order valence-electron chi connectivity index (χ3n) is 2.89. The van der Waals surface area contributed by atoms with Crippen molar-refractivity contribution in [1.82, 2.24) is 0 Å². The highest BCUT2D eigenvalue weighted by Crippen LogP contribution is 2.39. The first-order valence-corrected chi connectivity index (χ1v) is 5.91. The first kappa shape index (κ1) is 12.0. The smallest absolute Gasteiger partial charge is 0.231 e. The molecule has 0 aromatic heterocycles. The first-order valence-electron chi connectivity index (χ1n) is 5.53. The lowest BCUT2D eigenvalue weighted by molar-refractivity contribution is 0.112. The molecule has 0 saturated heterocycles. The highest BCUT2D eigenvalue weighted by molar-refractivity contribution is 6.30. The summed E-state index contributed by atoms with van der Waals surface area (Å²) in [7, 11) is 0. The minimum atomic E-state index is -0.452. The summed E-state index contributed by atoms with van der Waals surface area (Å²) in [5, 5.41) is 0.394. The van der Waals surface area contributed by atoms with E-state index in [1.165, 1.54) is 24.3 Å². The largest absolute Gasteiger partial charge is 0.454 e. The van der Waals surface area contributed by atoms with E-state index in [1.54, 1.807) is 6.07 Å². The van der Waals surface area contributed by atoms with Gasteiger partial charge in [0.15, 0.2) is 17.8 Å². The van der Waals surface area contributed by atoms with E-state index in [2.05, 4.69) is 0 Å². The summed E-state index contributed by atoms with van der Waals surface area (Å²) in [5.41, 5.74) is 1.01. The Morgan fingerprint density at radius 2 is 1.84 bits per heavy atom. The number of hydrogen-bond donors (Lipinski definition) is 0. The normalized spacial score (nSPS) is 12.5. The zero-order valence-corrected chi connectivity index (χ0v) is 10.4. The van der Waals surface area contributed by atoms with Gasteiger partial charge in [0, 0.05) is 16.1 Å². The summed E-state index contributed by atoms with van der Waals surface area (Å²) >= 11 is 5.87. The molecule has 0 radical (unpaired) electrons. The Hall–Kier alpha value is -2.07. The van der Waals surface area contributed by atoms with Gasteiger partial charge in [-0.3, -0.25) is 4.79 Å². The highest BCUT2D eigenvalue weighted by atomic mass is 35.5. The number of aldehydes is 1. The number of benzene rings is 2. The molecule has 3 nitrogen and oxygen atoms in total. The molecule has 1 heterocycles. The lowest BCUT2D eigenvalue weighted by atomic mass is 9.99. The molecule has 0 unspecified atom stereocenters. The van der Waals surface area contributed by atoms with Gasteiger partial charge in [0.1, 0.15) is 5.82 Å². The van der Waals surface area contributed by atoms with Crippen molar-refractivity contribution in [3.8, 4) is 22.6 Å². The van der Waals surface area contributed by atoms with Crippen molar-refractivity contribution in [3.63, 3.8) is 0 Å². The Morgan fingerprint density at radius 1 is 1.11 bits per heavy atom. The summed E-state index contributed by atoms with van der Waals surface area (Å²) < 4.78 is 24.3. The first-order chi connectivity index (χ1) is 9.19. The van der Waals surface area contributed by atoms with Crippen LogP contribution >= 0.6 is 11.6 Å². The van der Waals surface area contributed by atoms with Crippen LogP contribution in [0.2, 0.25) is 5.02 Å². The van der Waals surface area contributed by atoms with Gasteiger partial charge in [0.2, 0.25) is 6.79 Å². The molecular weight excluding hydrogens is 271 g/mol. The Balaban J connectivity index is 2.24. The predicted molar refractivity (Wildman–Crippen MR) is 68.4 cm³/mol. The maximum Gasteiger partial charge on any atom is 0.231 e. The molecule has 3 rings (SSSR count). The number of rotatable bonds is 2. The quantitative estimate of drug-likeness (QED) is 0.786. The van der Waals surface area contributed by atoms with Gasteiger partial charge < -0.3 is 9.47 Å². The van der Waals surface area contributed by atoms with Gasteiger partial charge in [-0.05, 0) is 35.9 Å². The Kier molecular flexibility index (Phi) is 2.87. The van der Waals surface area contributed by atoms with E-state index in [9.17, 15) is 9.18 Å². The van der Waals surface area contributed by atoms with Crippen LogP contribution in [-0.2, 0) is 0 Å². The molecular formula is C14H8ClFO3. The van der Waals surface area contributed by atoms with Crippen LogP contribution in [0, 0.1) is 5.82 Å². The zero-order chi connectivity index (χ0) is 13.4. The fourth-order valence-corrected chi connectivity index (χ4v) is 2.16. The number of halogens is 2. The molecule has 96 valence electrons. The van der Waals surface area contributed by atoms with Crippen molar-refractivity contribution >= 4 is 17.9 Å². The summed E-state index contributed by atoms with van der Waals surface area (Å²) in [5.74, 6) is 0.514. The van der Waals surface area contributed by atoms with Crippen LogP contribution in [0.3, 0.4) is 0 Å². The molecule has 0 saturated carbocycles. The van der Waals surface area contributed by atoms with Crippen LogP contribution in [0.15, 0.2) is 30.3 Å². The molecule has 0 spiro atoms. The van der Waals surface area contributed by atoms with Gasteiger partial charge in [0.05, 0.1) is 0 Å². The molecule has 0 amide bonds. The Morgan fingerprint density at radius 3 is 2.58 bits per heavy atom. The van der Waals surface area contributed by atoms with Crippen LogP contribution in [0.1, 0.15) is 10.4 Å². The van der Waals surface area contributed by atoms with Crippen LogP contribution in [0.5, 0.6) is 11.5 Å². The third-order valence-corrected chi connectivity index (χ3v) is 3.13. The summed E-state index contributed by atoms with van der Waals surface area (Å²) in [6, 6.07) is 7.30. The average molecular weight is 279 g/mol. The van der Waals surface area contributed by atoms with Gasteiger partial charge in [0.25, 0.3) is 0 Å². The Labute approximate surface area is 113 Å². The van der Waals surface area contributed by atoms with E-state index in [0.717, 1.165) is 0 Å². The maximum absolute atomic E-state index is 13.9. The van der Waals surface area contributed by atoms with Gasteiger partial charge in [-0.15, -0.1) is 0 Å². The van der Waals surface area contributed by atoms with Crippen LogP contribution in [-0.4, -0.2) is 13.1 Å². The van der Waals surface area contributed by atoms with Crippen LogP contribution in [0.4, 0.5) is 4.39 Å². The molecule has 19 heavy (non-hydrogen) atoms. The van der Waals surface area contributed by atoms with E-state index < -0.39 is 5.82 Å². The monoisotopic (exact) mass is 278 g/mol. The second kappa shape index (κ2) is 4.55. The van der Waals surface area contributed by atoms with Crippen LogP contribution < -0.4 is 9.47 Å². The summed E-state index contributed by atoms with van der Waals surface area (Å²) in [6.07, 6.45) is 0.650. The second-order valence-corrected chi connectivity index (χ2v) is 4.47. The molecule has 1 aliphatic rings. The van der Waals surface area contributed by atoms with Crippen molar-refractivity contribution in [3.05, 3.63) is 46.7 Å². The van der Waals surface area contributed by atoms with E-state index in [0.29, 0.717) is 33.9 Å². The molecule has 0 bridgehead atoms. The number of ether oxygens (including phenoxy) is 2. The average Bonchev–Trinajstić information content (AvgIpc) is 2.87. The topological polar surface area (TPSA) is 35.5 Å². The molecule has 0 aliphatic carbocycles. The molecule has 0 atom stereocenters. The van der Waals surface area contributed by atoms with Gasteiger partial charge in [-0.2, -0.15) is 0 Å². The van der Waals surface area contributed by atoms with Gasteiger partial charge >= 0.3 is 0 Å². The fraction of sp³-hybridized carbons (Fsp3) is 0.0714. The fourth-order valence-electron chi connectivity index (χ4n) is 1.99. The van der Waals surface area contributed by atoms with Crippen molar-refractivity contribution < 1.29 is 18.7 Å². The van der Waals surface area contributed by atoms with E-state index in [1.807, 2.05) is 0 Å². The van der Waals surface area contributed by atoms with Crippen molar-refractivity contribution in [2.24, 2.45) is 0 Å². The van der Waals surface area contributed by atoms with E-state index >= 15 is 0 Å². The van der Waals surface area contributed by atoms with Crippen LogP contribution in [0.25, 0.3) is 11.1 Å². The van der Waals surface area contributed by atoms with Crippen molar-refractivity contribution in [2.75, 3.05) is 6.79 Å². The molecule has 1 aliphatic heterocycles. The number of carbonyl (C=O) groups is 1. The molecule has 0 N–H and O–H groups in total. The SMILES string of the molecule is O=Cc1cc2c(cc1-c1cc(Cl)ccc1F)OCO2. The number of fused-ring (bicyclic) bond motifs is 1. The summed E-state index contributed by atoms with van der Waals surface area (Å²) in [4.78, 5) is 11.1.